The van der Waals surface area contributed by atoms with Crippen LogP contribution < -0.4 is 0 Å². The van der Waals surface area contributed by atoms with Crippen molar-refractivity contribution in [1.82, 2.24) is 20.0 Å². The maximum atomic E-state index is 4.67. The van der Waals surface area contributed by atoms with Gasteiger partial charge in [0.25, 0.3) is 0 Å². The molecule has 2 aromatic heterocycles. The van der Waals surface area contributed by atoms with Crippen LogP contribution in [0.4, 0.5) is 0 Å². The molecular formula is C26H30N4S. The molecule has 0 radical (unpaired) electrons. The van der Waals surface area contributed by atoms with Crippen molar-refractivity contribution >= 4 is 11.3 Å². The van der Waals surface area contributed by atoms with Gasteiger partial charge in [0.2, 0.25) is 0 Å². The quantitative estimate of drug-likeness (QED) is 0.320. The van der Waals surface area contributed by atoms with Crippen molar-refractivity contribution in [2.45, 2.75) is 46.5 Å². The van der Waals surface area contributed by atoms with Gasteiger partial charge in [-0.25, -0.2) is 4.98 Å². The average Bonchev–Trinajstić information content (AvgIpc) is 3.33. The number of rotatable bonds is 8. The maximum Gasteiger partial charge on any atom is 0.121 e. The molecule has 0 bridgehead atoms. The fourth-order valence-corrected chi connectivity index (χ4v) is 4.72. The zero-order valence-electron chi connectivity index (χ0n) is 18.8. The third kappa shape index (κ3) is 5.47. The first-order valence-corrected chi connectivity index (χ1v) is 11.7. The Morgan fingerprint density at radius 3 is 2.35 bits per heavy atom. The molecule has 160 valence electrons. The normalized spacial score (nSPS) is 11.7. The summed E-state index contributed by atoms with van der Waals surface area (Å²) < 4.78 is 0. The van der Waals surface area contributed by atoms with E-state index in [9.17, 15) is 0 Å². The SMILES string of the molecule is Cc1nc(CC(C)(C)CCCc2cccc(-c3nn(C)nc3-c3ccccc3)c2)cs1. The topological polar surface area (TPSA) is 43.6 Å². The van der Waals surface area contributed by atoms with Crippen molar-refractivity contribution in [3.05, 3.63) is 76.2 Å². The molecule has 0 atom stereocenters. The molecule has 0 aliphatic rings. The minimum atomic E-state index is 0.253. The van der Waals surface area contributed by atoms with Crippen molar-refractivity contribution in [2.75, 3.05) is 0 Å². The summed E-state index contributed by atoms with van der Waals surface area (Å²) in [5.74, 6) is 0. The van der Waals surface area contributed by atoms with E-state index in [0.717, 1.165) is 46.8 Å². The van der Waals surface area contributed by atoms with E-state index in [4.69, 9.17) is 0 Å². The van der Waals surface area contributed by atoms with Crippen LogP contribution in [0.1, 0.15) is 43.0 Å². The molecule has 0 spiro atoms. The van der Waals surface area contributed by atoms with Crippen molar-refractivity contribution in [3.63, 3.8) is 0 Å². The predicted octanol–water partition coefficient (Wildman–Crippen LogP) is 6.51. The number of thiazole rings is 1. The number of aryl methyl sites for hydroxylation is 3. The van der Waals surface area contributed by atoms with Crippen LogP contribution in [0.15, 0.2) is 60.0 Å². The van der Waals surface area contributed by atoms with E-state index in [-0.39, 0.29) is 5.41 Å². The molecule has 0 fully saturated rings. The summed E-state index contributed by atoms with van der Waals surface area (Å²) in [7, 11) is 1.88. The summed E-state index contributed by atoms with van der Waals surface area (Å²) in [5.41, 5.74) is 6.92. The Morgan fingerprint density at radius 1 is 0.935 bits per heavy atom. The van der Waals surface area contributed by atoms with Crippen LogP contribution in [0.5, 0.6) is 0 Å². The van der Waals surface area contributed by atoms with Gasteiger partial charge in [-0.15, -0.1) is 11.3 Å². The minimum Gasteiger partial charge on any atom is -0.247 e. The number of nitrogens with zero attached hydrogens (tertiary/aromatic N) is 4. The second-order valence-electron chi connectivity index (χ2n) is 9.01. The number of hydrogen-bond acceptors (Lipinski definition) is 4. The first kappa shape index (κ1) is 21.4. The molecular weight excluding hydrogens is 400 g/mol. The molecule has 0 unspecified atom stereocenters. The highest BCUT2D eigenvalue weighted by Crippen LogP contribution is 2.31. The zero-order valence-corrected chi connectivity index (χ0v) is 19.6. The fraction of sp³-hybridized carbons (Fsp3) is 0.346. The lowest BCUT2D eigenvalue weighted by atomic mass is 9.82. The molecule has 0 saturated heterocycles. The molecule has 0 amide bonds. The van der Waals surface area contributed by atoms with E-state index in [2.05, 4.69) is 77.7 Å². The molecule has 4 nitrogen and oxygen atoms in total. The monoisotopic (exact) mass is 430 g/mol. The summed E-state index contributed by atoms with van der Waals surface area (Å²) in [5, 5.41) is 12.6. The van der Waals surface area contributed by atoms with Crippen LogP contribution in [0, 0.1) is 12.3 Å². The lowest BCUT2D eigenvalue weighted by molar-refractivity contribution is 0.320. The molecule has 2 heterocycles. The largest absolute Gasteiger partial charge is 0.247 e. The molecule has 0 aliphatic carbocycles. The van der Waals surface area contributed by atoms with Gasteiger partial charge in [0.1, 0.15) is 11.4 Å². The molecule has 0 N–H and O–H groups in total. The Morgan fingerprint density at radius 2 is 1.65 bits per heavy atom. The highest BCUT2D eigenvalue weighted by Gasteiger charge is 2.20. The Bertz CT molecular complexity index is 1140. The first-order valence-electron chi connectivity index (χ1n) is 10.9. The Labute approximate surface area is 189 Å². The van der Waals surface area contributed by atoms with Crippen molar-refractivity contribution in [3.8, 4) is 22.5 Å². The van der Waals surface area contributed by atoms with Gasteiger partial charge in [-0.3, -0.25) is 0 Å². The number of benzene rings is 2. The van der Waals surface area contributed by atoms with E-state index in [0.29, 0.717) is 0 Å². The second-order valence-corrected chi connectivity index (χ2v) is 10.1. The van der Waals surface area contributed by atoms with E-state index in [1.165, 1.54) is 17.7 Å². The first-order chi connectivity index (χ1) is 14.9. The van der Waals surface area contributed by atoms with Gasteiger partial charge in [0.05, 0.1) is 10.7 Å². The van der Waals surface area contributed by atoms with Crippen LogP contribution in [-0.4, -0.2) is 20.0 Å². The minimum absolute atomic E-state index is 0.253. The predicted molar refractivity (Wildman–Crippen MR) is 129 cm³/mol. The molecule has 31 heavy (non-hydrogen) atoms. The van der Waals surface area contributed by atoms with Crippen LogP contribution in [0.25, 0.3) is 22.5 Å². The standard InChI is InChI=1S/C26H30N4S/c1-19-27-23(18-31-19)17-26(2,3)15-9-11-20-10-8-14-22(16-20)25-24(28-30(4)29-25)21-12-6-5-7-13-21/h5-8,10,12-14,16,18H,9,11,15,17H2,1-4H3. The Balaban J connectivity index is 1.45. The molecule has 0 saturated carbocycles. The lowest BCUT2D eigenvalue weighted by Gasteiger charge is -2.23. The zero-order chi connectivity index (χ0) is 21.8. The highest BCUT2D eigenvalue weighted by molar-refractivity contribution is 7.09. The molecule has 4 rings (SSSR count). The van der Waals surface area contributed by atoms with Crippen LogP contribution in [0.2, 0.25) is 0 Å². The highest BCUT2D eigenvalue weighted by atomic mass is 32.1. The van der Waals surface area contributed by atoms with Gasteiger partial charge in [0.15, 0.2) is 0 Å². The molecule has 2 aromatic carbocycles. The van der Waals surface area contributed by atoms with Gasteiger partial charge >= 0.3 is 0 Å². The van der Waals surface area contributed by atoms with Gasteiger partial charge in [-0.1, -0.05) is 62.4 Å². The van der Waals surface area contributed by atoms with Gasteiger partial charge in [-0.2, -0.15) is 15.0 Å². The molecule has 4 aromatic rings. The summed E-state index contributed by atoms with van der Waals surface area (Å²) in [6, 6.07) is 19.0. The fourth-order valence-electron chi connectivity index (χ4n) is 4.10. The summed E-state index contributed by atoms with van der Waals surface area (Å²) in [6.45, 7) is 6.78. The van der Waals surface area contributed by atoms with E-state index < -0.39 is 0 Å². The van der Waals surface area contributed by atoms with Gasteiger partial charge < -0.3 is 0 Å². The Kier molecular flexibility index (Phi) is 6.33. The molecule has 5 heteroatoms. The molecule has 0 aliphatic heterocycles. The van der Waals surface area contributed by atoms with Crippen molar-refractivity contribution in [1.29, 1.82) is 0 Å². The van der Waals surface area contributed by atoms with Gasteiger partial charge in [0, 0.05) is 23.6 Å². The van der Waals surface area contributed by atoms with E-state index in [1.54, 1.807) is 16.1 Å². The van der Waals surface area contributed by atoms with Crippen LogP contribution in [-0.2, 0) is 19.9 Å². The van der Waals surface area contributed by atoms with E-state index >= 15 is 0 Å². The lowest BCUT2D eigenvalue weighted by Crippen LogP contribution is -2.15. The second kappa shape index (κ2) is 9.15. The summed E-state index contributed by atoms with van der Waals surface area (Å²) >= 11 is 1.74. The number of hydrogen-bond donors (Lipinski definition) is 0. The Hall–Kier alpha value is -2.79. The number of aromatic nitrogens is 4. The van der Waals surface area contributed by atoms with E-state index in [1.807, 2.05) is 25.2 Å². The third-order valence-electron chi connectivity index (χ3n) is 5.61. The maximum absolute atomic E-state index is 4.67. The van der Waals surface area contributed by atoms with Gasteiger partial charge in [-0.05, 0) is 49.7 Å². The average molecular weight is 431 g/mol. The third-order valence-corrected chi connectivity index (χ3v) is 6.43. The summed E-state index contributed by atoms with van der Waals surface area (Å²) in [4.78, 5) is 6.31. The van der Waals surface area contributed by atoms with Crippen LogP contribution in [0.3, 0.4) is 0 Å². The smallest absolute Gasteiger partial charge is 0.121 e. The van der Waals surface area contributed by atoms with Crippen molar-refractivity contribution in [2.24, 2.45) is 12.5 Å². The van der Waals surface area contributed by atoms with Crippen molar-refractivity contribution < 1.29 is 0 Å². The van der Waals surface area contributed by atoms with Crippen LogP contribution >= 0.6 is 11.3 Å². The summed E-state index contributed by atoms with van der Waals surface area (Å²) in [6.07, 6.45) is 4.44.